The predicted octanol–water partition coefficient (Wildman–Crippen LogP) is 5.38. The quantitative estimate of drug-likeness (QED) is 0.720. The number of carbonyl (C=O) groups is 1. The molecule has 0 bridgehead atoms. The van der Waals surface area contributed by atoms with Crippen molar-refractivity contribution in [3.8, 4) is 5.75 Å². The summed E-state index contributed by atoms with van der Waals surface area (Å²) >= 11 is 5.89. The Morgan fingerprint density at radius 3 is 2.32 bits per heavy atom. The third kappa shape index (κ3) is 5.23. The van der Waals surface area contributed by atoms with Crippen molar-refractivity contribution in [2.75, 3.05) is 0 Å². The molecule has 0 aliphatic carbocycles. The van der Waals surface area contributed by atoms with Crippen LogP contribution in [0.25, 0.3) is 0 Å². The van der Waals surface area contributed by atoms with Crippen LogP contribution in [0.4, 0.5) is 0 Å². The molecule has 4 heteroatoms. The van der Waals surface area contributed by atoms with Gasteiger partial charge in [-0.05, 0) is 62.1 Å². The molecule has 1 N–H and O–H groups in total. The first-order valence-corrected chi connectivity index (χ1v) is 9.12. The summed E-state index contributed by atoms with van der Waals surface area (Å²) in [5.74, 6) is 0.551. The first kappa shape index (κ1) is 19.3. The van der Waals surface area contributed by atoms with E-state index >= 15 is 0 Å². The second kappa shape index (κ2) is 8.91. The van der Waals surface area contributed by atoms with Gasteiger partial charge in [0.15, 0.2) is 6.10 Å². The van der Waals surface area contributed by atoms with Crippen LogP contribution >= 0.6 is 11.6 Å². The molecule has 0 aliphatic rings. The Kier molecular flexibility index (Phi) is 6.89. The molecule has 3 nitrogen and oxygen atoms in total. The van der Waals surface area contributed by atoms with Crippen molar-refractivity contribution in [1.82, 2.24) is 5.32 Å². The minimum Gasteiger partial charge on any atom is -0.481 e. The zero-order valence-corrected chi connectivity index (χ0v) is 16.1. The maximum Gasteiger partial charge on any atom is 0.261 e. The number of aryl methyl sites for hydroxylation is 2. The molecule has 134 valence electrons. The highest BCUT2D eigenvalue weighted by atomic mass is 35.5. The summed E-state index contributed by atoms with van der Waals surface area (Å²) in [4.78, 5) is 12.7. The lowest BCUT2D eigenvalue weighted by atomic mass is 9.97. The molecule has 0 radical (unpaired) electrons. The van der Waals surface area contributed by atoms with Crippen LogP contribution in [0.15, 0.2) is 42.5 Å². The topological polar surface area (TPSA) is 38.3 Å². The minimum atomic E-state index is -0.527. The van der Waals surface area contributed by atoms with Crippen LogP contribution < -0.4 is 10.1 Å². The van der Waals surface area contributed by atoms with Crippen LogP contribution in [0, 0.1) is 13.8 Å². The monoisotopic (exact) mass is 359 g/mol. The summed E-state index contributed by atoms with van der Waals surface area (Å²) in [5.41, 5.74) is 3.57. The fraction of sp³-hybridized carbons (Fsp3) is 0.381. The molecule has 25 heavy (non-hydrogen) atoms. The molecular weight excluding hydrogens is 334 g/mol. The van der Waals surface area contributed by atoms with Crippen molar-refractivity contribution in [3.63, 3.8) is 0 Å². The van der Waals surface area contributed by atoms with E-state index in [2.05, 4.69) is 44.3 Å². The van der Waals surface area contributed by atoms with Crippen LogP contribution in [0.3, 0.4) is 0 Å². The van der Waals surface area contributed by atoms with E-state index in [0.717, 1.165) is 12.0 Å². The molecule has 0 aliphatic heterocycles. The molecule has 2 aromatic carbocycles. The molecule has 0 fully saturated rings. The number of hydrogen-bond donors (Lipinski definition) is 1. The van der Waals surface area contributed by atoms with Crippen molar-refractivity contribution in [2.45, 2.75) is 52.7 Å². The zero-order valence-electron chi connectivity index (χ0n) is 15.3. The third-order valence-electron chi connectivity index (χ3n) is 4.28. The van der Waals surface area contributed by atoms with E-state index in [0.29, 0.717) is 17.2 Å². The highest BCUT2D eigenvalue weighted by Crippen LogP contribution is 2.23. The Labute approximate surface area is 155 Å². The number of halogens is 1. The van der Waals surface area contributed by atoms with E-state index in [4.69, 9.17) is 16.3 Å². The Morgan fingerprint density at radius 1 is 1.08 bits per heavy atom. The van der Waals surface area contributed by atoms with Crippen LogP contribution in [0.5, 0.6) is 5.75 Å². The number of rotatable bonds is 7. The van der Waals surface area contributed by atoms with Gasteiger partial charge < -0.3 is 10.1 Å². The molecule has 0 aromatic heterocycles. The van der Waals surface area contributed by atoms with Gasteiger partial charge >= 0.3 is 0 Å². The Bertz CT molecular complexity index is 712. The second-order valence-corrected chi connectivity index (χ2v) is 6.73. The summed E-state index contributed by atoms with van der Waals surface area (Å²) in [5, 5.41) is 3.78. The number of benzene rings is 2. The number of ether oxygens (including phenoxy) is 1. The number of hydrogen-bond acceptors (Lipinski definition) is 2. The minimum absolute atomic E-state index is 0.0176. The van der Waals surface area contributed by atoms with Gasteiger partial charge in [0, 0.05) is 5.02 Å². The van der Waals surface area contributed by atoms with E-state index in [-0.39, 0.29) is 11.9 Å². The van der Waals surface area contributed by atoms with Gasteiger partial charge in [0.2, 0.25) is 0 Å². The maximum atomic E-state index is 12.7. The smallest absolute Gasteiger partial charge is 0.261 e. The molecule has 1 amide bonds. The number of amides is 1. The molecule has 0 unspecified atom stereocenters. The van der Waals surface area contributed by atoms with Gasteiger partial charge in [-0.25, -0.2) is 0 Å². The molecule has 0 heterocycles. The van der Waals surface area contributed by atoms with Crippen molar-refractivity contribution in [3.05, 3.63) is 64.2 Å². The highest BCUT2D eigenvalue weighted by molar-refractivity contribution is 6.30. The van der Waals surface area contributed by atoms with Gasteiger partial charge in [-0.1, -0.05) is 49.2 Å². The van der Waals surface area contributed by atoms with Gasteiger partial charge in [0.05, 0.1) is 6.04 Å². The Morgan fingerprint density at radius 2 is 1.76 bits per heavy atom. The summed E-state index contributed by atoms with van der Waals surface area (Å²) in [7, 11) is 0. The summed E-state index contributed by atoms with van der Waals surface area (Å²) < 4.78 is 5.84. The summed E-state index contributed by atoms with van der Waals surface area (Å²) in [6.07, 6.45) is 0.895. The van der Waals surface area contributed by atoms with Gasteiger partial charge in [0.25, 0.3) is 5.91 Å². The Hall–Kier alpha value is -2.00. The predicted molar refractivity (Wildman–Crippen MR) is 103 cm³/mol. The lowest BCUT2D eigenvalue weighted by molar-refractivity contribution is -0.128. The summed E-state index contributed by atoms with van der Waals surface area (Å²) in [6.45, 7) is 8.17. The molecule has 2 rings (SSSR count). The van der Waals surface area contributed by atoms with E-state index < -0.39 is 6.10 Å². The lowest BCUT2D eigenvalue weighted by Crippen LogP contribution is -2.40. The van der Waals surface area contributed by atoms with Gasteiger partial charge in [-0.15, -0.1) is 0 Å². The molecule has 2 aromatic rings. The van der Waals surface area contributed by atoms with E-state index in [1.807, 2.05) is 6.92 Å². The van der Waals surface area contributed by atoms with Crippen molar-refractivity contribution >= 4 is 17.5 Å². The summed E-state index contributed by atoms with van der Waals surface area (Å²) in [6, 6.07) is 13.4. The normalized spacial score (nSPS) is 13.2. The fourth-order valence-electron chi connectivity index (χ4n) is 2.88. The van der Waals surface area contributed by atoms with Crippen LogP contribution in [-0.2, 0) is 4.79 Å². The molecule has 0 saturated carbocycles. The van der Waals surface area contributed by atoms with E-state index in [1.54, 1.807) is 24.3 Å². The fourth-order valence-corrected chi connectivity index (χ4v) is 3.01. The molecular formula is C21H26ClNO2. The van der Waals surface area contributed by atoms with Gasteiger partial charge in [-0.2, -0.15) is 0 Å². The number of carbonyl (C=O) groups excluding carboxylic acids is 1. The zero-order chi connectivity index (χ0) is 18.4. The van der Waals surface area contributed by atoms with Crippen LogP contribution in [0.1, 0.15) is 49.4 Å². The second-order valence-electron chi connectivity index (χ2n) is 6.30. The highest BCUT2D eigenvalue weighted by Gasteiger charge is 2.22. The first-order valence-electron chi connectivity index (χ1n) is 8.74. The van der Waals surface area contributed by atoms with Gasteiger partial charge in [-0.3, -0.25) is 4.79 Å². The average Bonchev–Trinajstić information content (AvgIpc) is 2.59. The van der Waals surface area contributed by atoms with E-state index in [9.17, 15) is 4.79 Å². The Balaban J connectivity index is 2.09. The first-order chi connectivity index (χ1) is 11.9. The van der Waals surface area contributed by atoms with Crippen molar-refractivity contribution in [1.29, 1.82) is 0 Å². The SMILES string of the molecule is CC[C@H](Oc1ccc(Cl)cc1)C(=O)N[C@H](CC)c1ccc(C)cc1C. The average molecular weight is 360 g/mol. The van der Waals surface area contributed by atoms with Gasteiger partial charge in [0.1, 0.15) is 5.75 Å². The molecule has 0 saturated heterocycles. The largest absolute Gasteiger partial charge is 0.481 e. The van der Waals surface area contributed by atoms with Crippen molar-refractivity contribution < 1.29 is 9.53 Å². The van der Waals surface area contributed by atoms with E-state index in [1.165, 1.54) is 11.1 Å². The van der Waals surface area contributed by atoms with Crippen LogP contribution in [0.2, 0.25) is 5.02 Å². The maximum absolute atomic E-state index is 12.7. The molecule has 2 atom stereocenters. The lowest BCUT2D eigenvalue weighted by Gasteiger charge is -2.23. The van der Waals surface area contributed by atoms with Crippen LogP contribution in [-0.4, -0.2) is 12.0 Å². The third-order valence-corrected chi connectivity index (χ3v) is 4.53. The van der Waals surface area contributed by atoms with Crippen molar-refractivity contribution in [2.24, 2.45) is 0 Å². The molecule has 0 spiro atoms. The standard InChI is InChI=1S/C21H26ClNO2/c1-5-19(18-12-7-14(3)13-15(18)4)23-21(24)20(6-2)25-17-10-8-16(22)9-11-17/h7-13,19-20H,5-6H2,1-4H3,(H,23,24)/t19-,20+/m1/s1. The number of nitrogens with one attached hydrogen (secondary N) is 1.